The van der Waals surface area contributed by atoms with E-state index in [1.54, 1.807) is 12.1 Å². The molecule has 0 fully saturated rings. The zero-order chi connectivity index (χ0) is 18.1. The molecule has 26 heavy (non-hydrogen) atoms. The lowest BCUT2D eigenvalue weighted by Gasteiger charge is -2.09. The van der Waals surface area contributed by atoms with Gasteiger partial charge in [-0.2, -0.15) is 0 Å². The highest BCUT2D eigenvalue weighted by Crippen LogP contribution is 2.27. The molecule has 1 aliphatic rings. The van der Waals surface area contributed by atoms with Gasteiger partial charge in [0.1, 0.15) is 0 Å². The number of fused-ring (bicyclic) bond motifs is 2. The first-order chi connectivity index (χ1) is 12.7. The molecule has 3 aromatic rings. The largest absolute Gasteiger partial charge is 0.478 e. The third-order valence-electron chi connectivity index (χ3n) is 5.08. The van der Waals surface area contributed by atoms with Crippen LogP contribution in [0.4, 0.5) is 0 Å². The maximum atomic E-state index is 11.4. The predicted molar refractivity (Wildman–Crippen MR) is 108 cm³/mol. The highest BCUT2D eigenvalue weighted by molar-refractivity contribution is 6.01. The first-order valence-corrected chi connectivity index (χ1v) is 8.93. The third-order valence-corrected chi connectivity index (χ3v) is 5.08. The number of carboxylic acids is 1. The molecule has 128 valence electrons. The van der Waals surface area contributed by atoms with Gasteiger partial charge in [0.05, 0.1) is 5.56 Å². The Morgan fingerprint density at radius 1 is 1.00 bits per heavy atom. The Balaban J connectivity index is 2.04. The van der Waals surface area contributed by atoms with Crippen LogP contribution in [0, 0.1) is 0 Å². The molecule has 0 bridgehead atoms. The minimum absolute atomic E-state index is 0.315. The topological polar surface area (TPSA) is 37.3 Å². The van der Waals surface area contributed by atoms with Crippen molar-refractivity contribution in [3.05, 3.63) is 82.2 Å². The summed E-state index contributed by atoms with van der Waals surface area (Å²) in [6.45, 7) is 2.18. The number of benzene rings is 3. The van der Waals surface area contributed by atoms with E-state index in [-0.39, 0.29) is 0 Å². The van der Waals surface area contributed by atoms with Crippen LogP contribution in [-0.2, 0) is 0 Å². The van der Waals surface area contributed by atoms with Gasteiger partial charge in [-0.1, -0.05) is 73.2 Å². The quantitative estimate of drug-likeness (QED) is 0.762. The Kier molecular flexibility index (Phi) is 4.18. The SMILES string of the molecule is CCC1=CC=c2c(-c3cccc4ccc(C(=O)O)cc34)cccc2=CC1. The summed E-state index contributed by atoms with van der Waals surface area (Å²) >= 11 is 0. The van der Waals surface area contributed by atoms with Crippen molar-refractivity contribution in [1.29, 1.82) is 0 Å². The molecule has 0 atom stereocenters. The number of rotatable bonds is 3. The molecule has 1 N–H and O–H groups in total. The van der Waals surface area contributed by atoms with Crippen molar-refractivity contribution in [1.82, 2.24) is 0 Å². The third kappa shape index (κ3) is 2.84. The summed E-state index contributed by atoms with van der Waals surface area (Å²) < 4.78 is 0. The molecule has 2 nitrogen and oxygen atoms in total. The molecular weight excluding hydrogens is 320 g/mol. The van der Waals surface area contributed by atoms with Crippen LogP contribution in [0.1, 0.15) is 30.1 Å². The Hall–Kier alpha value is -3.13. The summed E-state index contributed by atoms with van der Waals surface area (Å²) in [5.41, 5.74) is 3.94. The van der Waals surface area contributed by atoms with Crippen molar-refractivity contribution in [3.8, 4) is 11.1 Å². The first-order valence-electron chi connectivity index (χ1n) is 8.93. The van der Waals surface area contributed by atoms with Crippen LogP contribution in [0.3, 0.4) is 0 Å². The molecule has 0 spiro atoms. The van der Waals surface area contributed by atoms with Crippen LogP contribution in [0.2, 0.25) is 0 Å². The minimum atomic E-state index is -0.899. The van der Waals surface area contributed by atoms with Crippen molar-refractivity contribution in [2.75, 3.05) is 0 Å². The van der Waals surface area contributed by atoms with E-state index in [1.807, 2.05) is 18.2 Å². The number of allylic oxidation sites excluding steroid dienone is 2. The van der Waals surface area contributed by atoms with Gasteiger partial charge in [-0.25, -0.2) is 4.79 Å². The van der Waals surface area contributed by atoms with Gasteiger partial charge in [-0.3, -0.25) is 0 Å². The molecule has 2 heteroatoms. The van der Waals surface area contributed by atoms with E-state index in [0.29, 0.717) is 5.56 Å². The maximum absolute atomic E-state index is 11.4. The zero-order valence-corrected chi connectivity index (χ0v) is 14.7. The van der Waals surface area contributed by atoms with Crippen LogP contribution in [0.15, 0.2) is 66.2 Å². The molecule has 0 saturated carbocycles. The second-order valence-corrected chi connectivity index (χ2v) is 6.61. The van der Waals surface area contributed by atoms with Gasteiger partial charge in [0.2, 0.25) is 0 Å². The lowest BCUT2D eigenvalue weighted by atomic mass is 9.94. The molecule has 0 heterocycles. The Morgan fingerprint density at radius 2 is 1.81 bits per heavy atom. The number of carboxylic acid groups (broad SMARTS) is 1. The Morgan fingerprint density at radius 3 is 2.62 bits per heavy atom. The van der Waals surface area contributed by atoms with Crippen LogP contribution in [0.5, 0.6) is 0 Å². The molecule has 0 aliphatic heterocycles. The van der Waals surface area contributed by atoms with E-state index in [4.69, 9.17) is 0 Å². The first kappa shape index (κ1) is 16.3. The average Bonchev–Trinajstić information content (AvgIpc) is 2.89. The van der Waals surface area contributed by atoms with E-state index >= 15 is 0 Å². The molecule has 3 aromatic carbocycles. The monoisotopic (exact) mass is 340 g/mol. The summed E-state index contributed by atoms with van der Waals surface area (Å²) in [5, 5.41) is 13.8. The molecule has 4 rings (SSSR count). The summed E-state index contributed by atoms with van der Waals surface area (Å²) in [6.07, 6.45) is 8.73. The van der Waals surface area contributed by atoms with Crippen molar-refractivity contribution >= 4 is 28.9 Å². The highest BCUT2D eigenvalue weighted by Gasteiger charge is 2.10. The van der Waals surface area contributed by atoms with Crippen molar-refractivity contribution in [2.24, 2.45) is 0 Å². The number of hydrogen-bond donors (Lipinski definition) is 1. The van der Waals surface area contributed by atoms with E-state index in [0.717, 1.165) is 34.7 Å². The Labute approximate surface area is 152 Å². The van der Waals surface area contributed by atoms with E-state index in [1.165, 1.54) is 16.0 Å². The highest BCUT2D eigenvalue weighted by atomic mass is 16.4. The van der Waals surface area contributed by atoms with E-state index in [9.17, 15) is 9.90 Å². The number of aromatic carboxylic acids is 1. The molecule has 0 amide bonds. The minimum Gasteiger partial charge on any atom is -0.478 e. The van der Waals surface area contributed by atoms with Gasteiger partial charge in [0, 0.05) is 0 Å². The predicted octanol–water partition coefficient (Wildman–Crippen LogP) is 4.51. The van der Waals surface area contributed by atoms with Gasteiger partial charge in [-0.15, -0.1) is 0 Å². The van der Waals surface area contributed by atoms with E-state index in [2.05, 4.69) is 49.4 Å². The molecule has 0 radical (unpaired) electrons. The maximum Gasteiger partial charge on any atom is 0.335 e. The van der Waals surface area contributed by atoms with Crippen molar-refractivity contribution < 1.29 is 9.90 Å². The van der Waals surface area contributed by atoms with Gasteiger partial charge >= 0.3 is 5.97 Å². The number of carbonyl (C=O) groups is 1. The number of hydrogen-bond acceptors (Lipinski definition) is 1. The second-order valence-electron chi connectivity index (χ2n) is 6.61. The molecule has 0 aromatic heterocycles. The average molecular weight is 340 g/mol. The van der Waals surface area contributed by atoms with Gasteiger partial charge in [0.25, 0.3) is 0 Å². The summed E-state index contributed by atoms with van der Waals surface area (Å²) in [6, 6.07) is 17.8. The van der Waals surface area contributed by atoms with Gasteiger partial charge in [0.15, 0.2) is 0 Å². The van der Waals surface area contributed by atoms with Crippen molar-refractivity contribution in [2.45, 2.75) is 19.8 Å². The van der Waals surface area contributed by atoms with Crippen LogP contribution >= 0.6 is 0 Å². The summed E-state index contributed by atoms with van der Waals surface area (Å²) in [5.74, 6) is -0.899. The summed E-state index contributed by atoms with van der Waals surface area (Å²) in [7, 11) is 0. The second kappa shape index (κ2) is 6.64. The van der Waals surface area contributed by atoms with Crippen LogP contribution in [-0.4, -0.2) is 11.1 Å². The fourth-order valence-corrected chi connectivity index (χ4v) is 3.59. The normalized spacial score (nSPS) is 13.2. The molecule has 1 aliphatic carbocycles. The lowest BCUT2D eigenvalue weighted by Crippen LogP contribution is -2.25. The van der Waals surface area contributed by atoms with Gasteiger partial charge in [-0.05, 0) is 57.3 Å². The zero-order valence-electron chi connectivity index (χ0n) is 14.7. The van der Waals surface area contributed by atoms with E-state index < -0.39 is 5.97 Å². The molecule has 0 saturated heterocycles. The van der Waals surface area contributed by atoms with Crippen LogP contribution < -0.4 is 10.4 Å². The van der Waals surface area contributed by atoms with Gasteiger partial charge < -0.3 is 5.11 Å². The van der Waals surface area contributed by atoms with Crippen LogP contribution in [0.25, 0.3) is 34.1 Å². The smallest absolute Gasteiger partial charge is 0.335 e. The fraction of sp³-hybridized carbons (Fsp3) is 0.125. The molecule has 0 unspecified atom stereocenters. The Bertz CT molecular complexity index is 1170. The molecular formula is C24H20O2. The summed E-state index contributed by atoms with van der Waals surface area (Å²) in [4.78, 5) is 11.4. The van der Waals surface area contributed by atoms with Crippen molar-refractivity contribution in [3.63, 3.8) is 0 Å². The fourth-order valence-electron chi connectivity index (χ4n) is 3.59. The lowest BCUT2D eigenvalue weighted by molar-refractivity contribution is 0.0697. The standard InChI is InChI=1S/C24H20O2/c1-2-16-9-11-17-5-3-7-21(20(17)14-10-16)22-8-4-6-18-12-13-19(24(25)26)15-23(18)22/h3-8,10-15H,2,9H2,1H3,(H,25,26).